The summed E-state index contributed by atoms with van der Waals surface area (Å²) in [7, 11) is 0. The molecule has 1 amide bonds. The van der Waals surface area contributed by atoms with Crippen molar-refractivity contribution in [3.05, 3.63) is 99.7 Å². The Balaban J connectivity index is 0.000000210. The smallest absolute Gasteiger partial charge is 0.410 e. The molecule has 1 atom stereocenters. The molecule has 2 N–H and O–H groups in total. The minimum atomic E-state index is -0.569. The van der Waals surface area contributed by atoms with E-state index in [4.69, 9.17) is 23.2 Å². The Hall–Kier alpha value is -6.39. The molecule has 2 aliphatic carbocycles. The van der Waals surface area contributed by atoms with E-state index >= 15 is 0 Å². The SMILES string of the molecule is CCc1cc(=O)oc2nc(O/N=C3/CCc4cc(CC5CCN(C(=O)OC(C)(C)C)C5)ccc43)[nH]c(=O)c12.CCc1cc(=O)oc2nc(ON=C3CCCCC3)[nH]c(=O)c12. The summed E-state index contributed by atoms with van der Waals surface area (Å²) in [5, 5.41) is 8.79. The molecule has 1 saturated heterocycles. The van der Waals surface area contributed by atoms with Gasteiger partial charge in [-0.1, -0.05) is 48.8 Å². The van der Waals surface area contributed by atoms with Gasteiger partial charge in [0.05, 0.1) is 11.4 Å². The summed E-state index contributed by atoms with van der Waals surface area (Å²) in [6, 6.07) is 8.75. The molecule has 4 aromatic heterocycles. The van der Waals surface area contributed by atoms with Crippen molar-refractivity contribution in [3.8, 4) is 12.0 Å². The van der Waals surface area contributed by atoms with E-state index in [-0.39, 0.29) is 40.3 Å². The van der Waals surface area contributed by atoms with Crippen molar-refractivity contribution in [3.63, 3.8) is 0 Å². The van der Waals surface area contributed by atoms with Crippen LogP contribution in [0.25, 0.3) is 22.2 Å². The molecule has 2 fully saturated rings. The van der Waals surface area contributed by atoms with Crippen LogP contribution in [0, 0.1) is 5.92 Å². The van der Waals surface area contributed by atoms with Crippen LogP contribution < -0.4 is 32.0 Å². The van der Waals surface area contributed by atoms with Gasteiger partial charge in [-0.05, 0) is 113 Å². The number of fused-ring (bicyclic) bond motifs is 3. The highest BCUT2D eigenvalue weighted by molar-refractivity contribution is 6.04. The lowest BCUT2D eigenvalue weighted by molar-refractivity contribution is 0.0288. The first-order chi connectivity index (χ1) is 28.8. The van der Waals surface area contributed by atoms with Crippen molar-refractivity contribution in [2.45, 2.75) is 111 Å². The molecule has 17 heteroatoms. The number of aromatic amines is 2. The standard InChI is InChI=1S/C28H32N4O6.C15H17N3O4/c1-5-18-14-22(33)36-25-23(18)24(34)29-26(30-25)38-31-21-9-7-19-13-16(6-8-20(19)21)12-17-10-11-32(15-17)27(35)37-28(2,3)4;1-2-9-8-11(19)21-14-12(9)13(20)16-15(17-14)22-18-10-6-4-3-5-7-10/h6,8,13-14,17H,5,7,9-12,15H2,1-4H3,(H,29,30,34);8H,2-7H2,1H3,(H,16,17,20)/b31-21-;. The van der Waals surface area contributed by atoms with Crippen LogP contribution in [0.15, 0.2) is 68.7 Å². The van der Waals surface area contributed by atoms with E-state index < -0.39 is 28.0 Å². The van der Waals surface area contributed by atoms with Crippen LogP contribution in [-0.4, -0.2) is 61.0 Å². The molecule has 0 bridgehead atoms. The second-order valence-electron chi connectivity index (χ2n) is 16.2. The molecule has 1 unspecified atom stereocenters. The van der Waals surface area contributed by atoms with Gasteiger partial charge in [0.2, 0.25) is 11.4 Å². The molecule has 0 radical (unpaired) electrons. The van der Waals surface area contributed by atoms with Gasteiger partial charge in [0.15, 0.2) is 0 Å². The zero-order valence-electron chi connectivity index (χ0n) is 34.5. The number of aromatic nitrogens is 4. The number of ether oxygens (including phenoxy) is 1. The number of H-pyrrole nitrogens is 2. The average molecular weight is 824 g/mol. The third-order valence-electron chi connectivity index (χ3n) is 10.6. The Kier molecular flexibility index (Phi) is 12.4. The van der Waals surface area contributed by atoms with Crippen molar-refractivity contribution in [2.24, 2.45) is 16.2 Å². The molecule has 60 heavy (non-hydrogen) atoms. The summed E-state index contributed by atoms with van der Waals surface area (Å²) in [5.74, 6) is 0.391. The minimum absolute atomic E-state index is 0.0213. The second kappa shape index (κ2) is 17.8. The fourth-order valence-corrected chi connectivity index (χ4v) is 7.73. The van der Waals surface area contributed by atoms with Crippen LogP contribution in [0.1, 0.15) is 107 Å². The number of nitrogens with zero attached hydrogens (tertiary/aromatic N) is 5. The monoisotopic (exact) mass is 823 g/mol. The Morgan fingerprint density at radius 1 is 0.817 bits per heavy atom. The molecule has 1 aromatic carbocycles. The number of benzene rings is 1. The van der Waals surface area contributed by atoms with Gasteiger partial charge in [-0.3, -0.25) is 19.6 Å². The van der Waals surface area contributed by atoms with Crippen LogP contribution in [0.5, 0.6) is 12.0 Å². The highest BCUT2D eigenvalue weighted by Gasteiger charge is 2.30. The zero-order chi connectivity index (χ0) is 42.6. The molecule has 3 aliphatic rings. The van der Waals surface area contributed by atoms with Gasteiger partial charge in [0.1, 0.15) is 16.4 Å². The lowest BCUT2D eigenvalue weighted by Gasteiger charge is -2.24. The molecule has 0 spiro atoms. The number of oxime groups is 2. The van der Waals surface area contributed by atoms with Crippen LogP contribution in [0.4, 0.5) is 4.79 Å². The maximum atomic E-state index is 12.6. The van der Waals surface area contributed by atoms with Crippen LogP contribution in [0.3, 0.4) is 0 Å². The minimum Gasteiger partial charge on any atom is -0.444 e. The third-order valence-corrected chi connectivity index (χ3v) is 10.6. The molecular formula is C43H49N7O10. The van der Waals surface area contributed by atoms with E-state index in [2.05, 4.69) is 42.4 Å². The molecular weight excluding hydrogens is 775 g/mol. The van der Waals surface area contributed by atoms with E-state index in [1.165, 1.54) is 29.7 Å². The van der Waals surface area contributed by atoms with E-state index in [1.54, 1.807) is 4.90 Å². The number of nitrogens with one attached hydrogen (secondary N) is 2. The van der Waals surface area contributed by atoms with E-state index in [0.29, 0.717) is 49.4 Å². The van der Waals surface area contributed by atoms with Crippen molar-refractivity contribution in [1.82, 2.24) is 24.8 Å². The van der Waals surface area contributed by atoms with Gasteiger partial charge in [0.25, 0.3) is 11.1 Å². The number of rotatable bonds is 8. The summed E-state index contributed by atoms with van der Waals surface area (Å²) >= 11 is 0. The van der Waals surface area contributed by atoms with Crippen molar-refractivity contribution in [2.75, 3.05) is 13.1 Å². The van der Waals surface area contributed by atoms with Crippen LogP contribution in [0.2, 0.25) is 0 Å². The van der Waals surface area contributed by atoms with Crippen molar-refractivity contribution < 1.29 is 28.0 Å². The van der Waals surface area contributed by atoms with Crippen molar-refractivity contribution >= 4 is 39.7 Å². The first-order valence-corrected chi connectivity index (χ1v) is 20.5. The quantitative estimate of drug-likeness (QED) is 0.169. The summed E-state index contributed by atoms with van der Waals surface area (Å²) in [6.45, 7) is 10.8. The molecule has 8 rings (SSSR count). The number of carbonyl (C=O) groups excluding carboxylic acids is 1. The lowest BCUT2D eigenvalue weighted by atomic mass is 9.96. The zero-order valence-corrected chi connectivity index (χ0v) is 34.5. The maximum absolute atomic E-state index is 12.6. The number of carbonyl (C=O) groups is 1. The van der Waals surface area contributed by atoms with E-state index in [9.17, 15) is 24.0 Å². The highest BCUT2D eigenvalue weighted by atomic mass is 16.6. The van der Waals surface area contributed by atoms with Gasteiger partial charge >= 0.3 is 29.4 Å². The molecule has 5 heterocycles. The maximum Gasteiger partial charge on any atom is 0.410 e. The number of amides is 1. The van der Waals surface area contributed by atoms with Gasteiger partial charge in [-0.15, -0.1) is 0 Å². The molecule has 5 aromatic rings. The predicted octanol–water partition coefficient (Wildman–Crippen LogP) is 6.11. The topological polar surface area (TPSA) is 225 Å². The Bertz CT molecular complexity index is 2710. The first-order valence-electron chi connectivity index (χ1n) is 20.5. The predicted molar refractivity (Wildman–Crippen MR) is 223 cm³/mol. The Labute approximate surface area is 343 Å². The molecule has 17 nitrogen and oxygen atoms in total. The highest BCUT2D eigenvalue weighted by Crippen LogP contribution is 2.28. The Morgan fingerprint density at radius 2 is 1.42 bits per heavy atom. The summed E-state index contributed by atoms with van der Waals surface area (Å²) in [4.78, 5) is 86.2. The van der Waals surface area contributed by atoms with Crippen LogP contribution in [-0.2, 0) is 30.4 Å². The largest absolute Gasteiger partial charge is 0.444 e. The number of likely N-dealkylation sites (tertiary alicyclic amines) is 1. The molecule has 1 aliphatic heterocycles. The van der Waals surface area contributed by atoms with Crippen LogP contribution >= 0.6 is 0 Å². The molecule has 1 saturated carbocycles. The summed E-state index contributed by atoms with van der Waals surface area (Å²) < 4.78 is 15.6. The first kappa shape index (κ1) is 41.8. The fraction of sp³-hybridized carbons (Fsp3) is 0.465. The molecule has 316 valence electrons. The summed E-state index contributed by atoms with van der Waals surface area (Å²) in [5.41, 5.74) is 3.77. The average Bonchev–Trinajstić information content (AvgIpc) is 3.85. The number of aryl methyl sites for hydroxylation is 3. The lowest BCUT2D eigenvalue weighted by Crippen LogP contribution is -2.35. The second-order valence-corrected chi connectivity index (χ2v) is 16.2. The number of hydrogen-bond acceptors (Lipinski definition) is 14. The summed E-state index contributed by atoms with van der Waals surface area (Å²) in [6.07, 6.45) is 9.34. The Morgan fingerprint density at radius 3 is 2.00 bits per heavy atom. The van der Waals surface area contributed by atoms with Gasteiger partial charge in [0, 0.05) is 30.8 Å². The van der Waals surface area contributed by atoms with E-state index in [1.807, 2.05) is 40.7 Å². The third kappa shape index (κ3) is 9.89. The van der Waals surface area contributed by atoms with E-state index in [0.717, 1.165) is 61.9 Å². The van der Waals surface area contributed by atoms with Gasteiger partial charge < -0.3 is 28.1 Å². The normalized spacial score (nSPS) is 17.1. The van der Waals surface area contributed by atoms with Crippen molar-refractivity contribution in [1.29, 1.82) is 0 Å². The fourth-order valence-electron chi connectivity index (χ4n) is 7.73. The van der Waals surface area contributed by atoms with Gasteiger partial charge in [-0.2, -0.15) is 9.97 Å². The number of hydrogen-bond donors (Lipinski definition) is 2. The van der Waals surface area contributed by atoms with Gasteiger partial charge in [-0.25, -0.2) is 14.4 Å².